The van der Waals surface area contributed by atoms with Crippen molar-refractivity contribution in [1.82, 2.24) is 0 Å². The number of aliphatic hydroxyl groups is 1. The van der Waals surface area contributed by atoms with Crippen LogP contribution in [0.5, 0.6) is 0 Å². The highest BCUT2D eigenvalue weighted by molar-refractivity contribution is 7.99. The average molecular weight is 279 g/mol. The molecule has 1 aliphatic heterocycles. The molecule has 0 amide bonds. The number of thioether (sulfide) groups is 1. The molecule has 0 aromatic heterocycles. The summed E-state index contributed by atoms with van der Waals surface area (Å²) in [6, 6.07) is 5.40. The Bertz CT molecular complexity index is 375. The van der Waals surface area contributed by atoms with Crippen LogP contribution < -0.4 is 0 Å². The number of hydrogen-bond donors (Lipinski definition) is 1. The lowest BCUT2D eigenvalue weighted by molar-refractivity contribution is -0.121. The third-order valence-corrected chi connectivity index (χ3v) is 4.66. The van der Waals surface area contributed by atoms with Crippen molar-refractivity contribution in [2.75, 3.05) is 25.6 Å². The monoisotopic (exact) mass is 278 g/mol. The lowest BCUT2D eigenvalue weighted by atomic mass is 9.90. The van der Waals surface area contributed by atoms with Crippen molar-refractivity contribution in [3.63, 3.8) is 0 Å². The summed E-state index contributed by atoms with van der Waals surface area (Å²) >= 11 is 13.6. The highest BCUT2D eigenvalue weighted by Crippen LogP contribution is 2.37. The Morgan fingerprint density at radius 2 is 2.12 bits per heavy atom. The number of rotatable bonds is 4. The maximum atomic E-state index is 9.29. The topological polar surface area (TPSA) is 29.5 Å². The maximum Gasteiger partial charge on any atom is 0.0575 e. The minimum absolute atomic E-state index is 0.101. The van der Waals surface area contributed by atoms with Gasteiger partial charge in [-0.05, 0) is 18.2 Å². The Hall–Kier alpha value is 0.0700. The zero-order valence-electron chi connectivity index (χ0n) is 8.58. The van der Waals surface area contributed by atoms with Crippen molar-refractivity contribution in [1.29, 1.82) is 0 Å². The first kappa shape index (κ1) is 12.5. The van der Waals surface area contributed by atoms with Gasteiger partial charge in [0.2, 0.25) is 0 Å². The summed E-state index contributed by atoms with van der Waals surface area (Å²) in [4.78, 5) is 0.953. The minimum atomic E-state index is -0.101. The van der Waals surface area contributed by atoms with Crippen LogP contribution in [-0.4, -0.2) is 30.7 Å². The molecule has 0 atom stereocenters. The van der Waals surface area contributed by atoms with Crippen LogP contribution in [0.3, 0.4) is 0 Å². The maximum absolute atomic E-state index is 9.29. The van der Waals surface area contributed by atoms with Crippen LogP contribution in [0.15, 0.2) is 23.1 Å². The van der Waals surface area contributed by atoms with E-state index in [2.05, 4.69) is 0 Å². The lowest BCUT2D eigenvalue weighted by Crippen LogP contribution is -2.47. The molecular formula is C11H12Cl2O2S. The fourth-order valence-corrected chi connectivity index (χ4v) is 3.08. The molecule has 0 saturated carbocycles. The number of halogens is 2. The predicted octanol–water partition coefficient (Wildman–Crippen LogP) is 3.09. The molecule has 0 radical (unpaired) electrons. The first-order valence-corrected chi connectivity index (χ1v) is 6.66. The van der Waals surface area contributed by atoms with Gasteiger partial charge in [-0.1, -0.05) is 23.2 Å². The molecule has 1 saturated heterocycles. The summed E-state index contributed by atoms with van der Waals surface area (Å²) in [6.45, 7) is 1.39. The molecule has 0 spiro atoms. The van der Waals surface area contributed by atoms with Gasteiger partial charge in [0.1, 0.15) is 0 Å². The van der Waals surface area contributed by atoms with Gasteiger partial charge in [-0.25, -0.2) is 0 Å². The Morgan fingerprint density at radius 1 is 1.38 bits per heavy atom. The molecule has 1 aromatic carbocycles. The number of benzene rings is 1. The number of aliphatic hydroxyl groups excluding tert-OH is 1. The van der Waals surface area contributed by atoms with Gasteiger partial charge in [0.25, 0.3) is 0 Å². The zero-order valence-corrected chi connectivity index (χ0v) is 10.9. The van der Waals surface area contributed by atoms with Gasteiger partial charge in [-0.15, -0.1) is 11.8 Å². The molecule has 16 heavy (non-hydrogen) atoms. The van der Waals surface area contributed by atoms with Crippen molar-refractivity contribution in [2.24, 2.45) is 5.41 Å². The molecule has 1 fully saturated rings. The Morgan fingerprint density at radius 3 is 2.69 bits per heavy atom. The molecule has 1 aliphatic rings. The number of hydrogen-bond acceptors (Lipinski definition) is 3. The van der Waals surface area contributed by atoms with Gasteiger partial charge >= 0.3 is 0 Å². The van der Waals surface area contributed by atoms with Gasteiger partial charge < -0.3 is 9.84 Å². The van der Waals surface area contributed by atoms with E-state index >= 15 is 0 Å². The van der Waals surface area contributed by atoms with E-state index in [-0.39, 0.29) is 12.0 Å². The largest absolute Gasteiger partial charge is 0.396 e. The SMILES string of the molecule is OCC1(CSc2cc(Cl)ccc2Cl)COC1. The third-order valence-electron chi connectivity index (χ3n) is 2.58. The summed E-state index contributed by atoms with van der Waals surface area (Å²) in [5, 5.41) is 10.7. The molecule has 1 aromatic rings. The van der Waals surface area contributed by atoms with Crippen LogP contribution in [0.2, 0.25) is 10.0 Å². The fraction of sp³-hybridized carbons (Fsp3) is 0.455. The summed E-state index contributed by atoms with van der Waals surface area (Å²) in [7, 11) is 0. The first-order valence-electron chi connectivity index (χ1n) is 4.92. The molecule has 2 nitrogen and oxygen atoms in total. The van der Waals surface area contributed by atoms with E-state index in [4.69, 9.17) is 27.9 Å². The van der Waals surface area contributed by atoms with Crippen molar-refractivity contribution in [3.8, 4) is 0 Å². The van der Waals surface area contributed by atoms with Crippen LogP contribution in [-0.2, 0) is 4.74 Å². The highest BCUT2D eigenvalue weighted by Gasteiger charge is 2.38. The van der Waals surface area contributed by atoms with Crippen molar-refractivity contribution in [2.45, 2.75) is 4.90 Å². The van der Waals surface area contributed by atoms with Crippen LogP contribution in [0.25, 0.3) is 0 Å². The third kappa shape index (κ3) is 2.66. The zero-order chi connectivity index (χ0) is 11.6. The lowest BCUT2D eigenvalue weighted by Gasteiger charge is -2.39. The van der Waals surface area contributed by atoms with Gasteiger partial charge in [0, 0.05) is 21.1 Å². The minimum Gasteiger partial charge on any atom is -0.396 e. The van der Waals surface area contributed by atoms with Crippen LogP contribution in [0, 0.1) is 5.41 Å². The normalized spacial score (nSPS) is 18.2. The molecule has 0 bridgehead atoms. The van der Waals surface area contributed by atoms with Crippen LogP contribution in [0.4, 0.5) is 0 Å². The van der Waals surface area contributed by atoms with Crippen LogP contribution >= 0.6 is 35.0 Å². The van der Waals surface area contributed by atoms with Gasteiger partial charge in [-0.2, -0.15) is 0 Å². The van der Waals surface area contributed by atoms with Crippen molar-refractivity contribution < 1.29 is 9.84 Å². The van der Waals surface area contributed by atoms with E-state index in [0.717, 1.165) is 10.6 Å². The van der Waals surface area contributed by atoms with E-state index in [1.165, 1.54) is 0 Å². The molecule has 2 rings (SSSR count). The van der Waals surface area contributed by atoms with E-state index < -0.39 is 0 Å². The quantitative estimate of drug-likeness (QED) is 0.859. The summed E-state index contributed by atoms with van der Waals surface area (Å²) in [5.41, 5.74) is -0.101. The van der Waals surface area contributed by atoms with E-state index in [0.29, 0.717) is 23.3 Å². The van der Waals surface area contributed by atoms with E-state index in [9.17, 15) is 5.11 Å². The molecule has 0 aliphatic carbocycles. The van der Waals surface area contributed by atoms with Crippen LogP contribution in [0.1, 0.15) is 0 Å². The van der Waals surface area contributed by atoms with Gasteiger partial charge in [0.05, 0.1) is 24.8 Å². The van der Waals surface area contributed by atoms with E-state index in [1.807, 2.05) is 6.07 Å². The summed E-state index contributed by atoms with van der Waals surface area (Å²) in [5.74, 6) is 0.795. The van der Waals surface area contributed by atoms with E-state index in [1.54, 1.807) is 23.9 Å². The molecule has 5 heteroatoms. The Kier molecular flexibility index (Phi) is 4.03. The molecule has 1 heterocycles. The molecule has 0 unspecified atom stereocenters. The predicted molar refractivity (Wildman–Crippen MR) is 67.5 cm³/mol. The second kappa shape index (κ2) is 5.15. The van der Waals surface area contributed by atoms with Gasteiger partial charge in [-0.3, -0.25) is 0 Å². The fourth-order valence-electron chi connectivity index (χ4n) is 1.43. The Labute approximate surface area is 109 Å². The molecule has 88 valence electrons. The molecule has 1 N–H and O–H groups in total. The standard InChI is InChI=1S/C11H12Cl2O2S/c12-8-1-2-9(13)10(3-8)16-7-11(4-14)5-15-6-11/h1-3,14H,4-7H2. The summed E-state index contributed by atoms with van der Waals surface area (Å²) < 4.78 is 5.14. The Balaban J connectivity index is 2.01. The average Bonchev–Trinajstić information content (AvgIpc) is 2.22. The second-order valence-electron chi connectivity index (χ2n) is 4.01. The second-order valence-corrected chi connectivity index (χ2v) is 5.88. The molecular weight excluding hydrogens is 267 g/mol. The summed E-state index contributed by atoms with van der Waals surface area (Å²) in [6.07, 6.45) is 0. The van der Waals surface area contributed by atoms with Crippen molar-refractivity contribution >= 4 is 35.0 Å². The van der Waals surface area contributed by atoms with Crippen molar-refractivity contribution in [3.05, 3.63) is 28.2 Å². The van der Waals surface area contributed by atoms with Gasteiger partial charge in [0.15, 0.2) is 0 Å². The smallest absolute Gasteiger partial charge is 0.0575 e. The highest BCUT2D eigenvalue weighted by atomic mass is 35.5. The first-order chi connectivity index (χ1) is 7.65. The number of ether oxygens (including phenoxy) is 1.